The van der Waals surface area contributed by atoms with E-state index in [0.29, 0.717) is 60.5 Å². The van der Waals surface area contributed by atoms with Gasteiger partial charge >= 0.3 is 12.1 Å². The molecule has 10 heterocycles. The number of nitrogens with two attached hydrogens (primary N) is 3. The van der Waals surface area contributed by atoms with Crippen LogP contribution in [0.5, 0.6) is 0 Å². The number of hydrogen-bond donors (Lipinski definition) is 6. The number of carboxylic acids is 1. The number of halogens is 8. The summed E-state index contributed by atoms with van der Waals surface area (Å²) in [5.74, 6) is 1.60. The van der Waals surface area contributed by atoms with Crippen molar-refractivity contribution in [3.05, 3.63) is 211 Å². The summed E-state index contributed by atoms with van der Waals surface area (Å²) in [6, 6.07) is 38.0. The third kappa shape index (κ3) is 25.3. The van der Waals surface area contributed by atoms with E-state index >= 15 is 0 Å². The molecule has 605 valence electrons. The van der Waals surface area contributed by atoms with Crippen LogP contribution in [-0.4, -0.2) is 183 Å². The first-order chi connectivity index (χ1) is 53.4. The number of H-pyrrole nitrogens is 1. The Balaban J connectivity index is 0.000000190. The largest absolute Gasteiger partial charge is 0.478 e. The van der Waals surface area contributed by atoms with Gasteiger partial charge in [-0.15, -0.1) is 24.8 Å². The molecular formula is C80H90BCl8N20O6. The van der Waals surface area contributed by atoms with Gasteiger partial charge < -0.3 is 66.7 Å². The van der Waals surface area contributed by atoms with Crippen LogP contribution in [-0.2, 0) is 4.74 Å². The molecule has 12 aromatic rings. The van der Waals surface area contributed by atoms with Gasteiger partial charge in [-0.05, 0) is 187 Å². The highest BCUT2D eigenvalue weighted by Crippen LogP contribution is 2.33. The highest BCUT2D eigenvalue weighted by molar-refractivity contribution is 6.35. The van der Waals surface area contributed by atoms with Crippen molar-refractivity contribution in [1.29, 1.82) is 0 Å². The number of amides is 2. The number of rotatable bonds is 7. The zero-order valence-electron chi connectivity index (χ0n) is 62.7. The molecule has 5 fully saturated rings. The smallest absolute Gasteiger partial charge is 0.410 e. The maximum absolute atomic E-state index is 12.3. The molecule has 17 rings (SSSR count). The maximum Gasteiger partial charge on any atom is 0.410 e. The van der Waals surface area contributed by atoms with E-state index in [1.165, 1.54) is 92.6 Å². The number of benzene rings is 7. The van der Waals surface area contributed by atoms with Crippen molar-refractivity contribution in [1.82, 2.24) is 60.1 Å². The molecule has 0 spiro atoms. The number of aromatic amines is 1. The van der Waals surface area contributed by atoms with Gasteiger partial charge in [-0.3, -0.25) is 9.59 Å². The Labute approximate surface area is 711 Å². The predicted molar refractivity (Wildman–Crippen MR) is 474 cm³/mol. The Morgan fingerprint density at radius 2 is 0.791 bits per heavy atom. The number of nitrogen functional groups attached to an aromatic ring is 2. The number of carbonyl (C=O) groups excluding carboxylic acids is 2. The fourth-order valence-electron chi connectivity index (χ4n) is 12.9. The predicted octanol–water partition coefficient (Wildman–Crippen LogP) is 16.1. The zero-order valence-corrected chi connectivity index (χ0v) is 68.9. The van der Waals surface area contributed by atoms with E-state index in [2.05, 4.69) is 116 Å². The fourth-order valence-corrected chi connectivity index (χ4v) is 14.0. The second-order valence-electron chi connectivity index (χ2n) is 27.3. The first-order valence-corrected chi connectivity index (χ1v) is 38.4. The number of aromatic carboxylic acids is 1. The van der Waals surface area contributed by atoms with Crippen molar-refractivity contribution >= 4 is 216 Å². The first kappa shape index (κ1) is 92.4. The van der Waals surface area contributed by atoms with Gasteiger partial charge in [0.25, 0.3) is 11.5 Å². The number of ether oxygens (including phenoxy) is 1. The van der Waals surface area contributed by atoms with Crippen LogP contribution in [0, 0.1) is 0 Å². The van der Waals surface area contributed by atoms with Crippen molar-refractivity contribution in [3.8, 4) is 0 Å². The van der Waals surface area contributed by atoms with Gasteiger partial charge in [-0.1, -0.05) is 77.0 Å². The molecule has 0 aliphatic carbocycles. The highest BCUT2D eigenvalue weighted by atomic mass is 35.5. The molecular weight excluding hydrogens is 1630 g/mol. The molecule has 2 amide bonds. The van der Waals surface area contributed by atoms with Crippen molar-refractivity contribution in [3.63, 3.8) is 0 Å². The average Bonchev–Trinajstić information content (AvgIpc) is 1.77. The molecule has 5 saturated heterocycles. The molecule has 35 heteroatoms. The summed E-state index contributed by atoms with van der Waals surface area (Å²) in [5, 5.41) is 20.0. The molecule has 115 heavy (non-hydrogen) atoms. The Kier molecular flexibility index (Phi) is 35.2. The maximum atomic E-state index is 12.3. The van der Waals surface area contributed by atoms with E-state index in [1.807, 2.05) is 39.0 Å². The van der Waals surface area contributed by atoms with E-state index in [1.54, 1.807) is 66.3 Å². The number of carboxylic acid groups (broad SMARTS) is 1. The zero-order chi connectivity index (χ0) is 78.7. The van der Waals surface area contributed by atoms with Crippen LogP contribution in [0.2, 0.25) is 30.3 Å². The SMILES string of the molecule is C.CC(C)(C)OC(=O)N1CCN(c2ccc3c(N4CCCC4)ncnc3c2)CC1.Cl.Cl.Clc1ccc2c(Cl)ncnc2c1.Clc1ccc2c(N3CCCC3)ncnc2c1.NC(=O)c1ccc(Cl)cc1N.Nc1cc(Cl)ccc1C(=O)O.O=c1[nH]cnc2cc(Cl)ccc12.[B].c1nc(N2CCCC2)c2ccc(N3CCNCC3)cc2n1. The second kappa shape index (κ2) is 43.8. The van der Waals surface area contributed by atoms with Crippen LogP contribution < -0.4 is 52.6 Å². The normalized spacial score (nSPS) is 14.2. The number of hydrogen-bond acceptors (Lipinski definition) is 22. The van der Waals surface area contributed by atoms with Gasteiger partial charge in [0.15, 0.2) is 0 Å². The summed E-state index contributed by atoms with van der Waals surface area (Å²) in [5.41, 5.74) is 22.8. The van der Waals surface area contributed by atoms with Gasteiger partial charge in [-0.25, -0.2) is 54.4 Å². The molecule has 3 radical (unpaired) electrons. The molecule has 7 aromatic carbocycles. The molecule has 0 atom stereocenters. The standard InChI is InChI=1S/C21H29N5O2.C16H21N5.C12H12ClN3.C8H4Cl2N2.C8H5ClN2O.C7H7ClN2O.C7H6ClNO2.CH4.B.2ClH/c1-21(2,3)28-20(27)26-12-10-24(11-13-26)16-6-7-17-18(14-16)22-15-23-19(17)25-8-4-5-9-25;1-2-8-21(7-1)16-14-4-3-13(11-15(14)18-12-19-16)20-9-5-17-6-10-20;13-9-3-4-10-11(7-9)14-8-15-12(10)16-5-1-2-6-16;9-5-1-2-6-7(3-5)11-4-12-8(6)10;9-5-1-2-6-7(3-5)10-4-11-8(6)12;2*8-4-1-2-5(7(10)11)6(9)3-4;;;;/h6-7,14-15H,4-5,8-13H2,1-3H3;3-4,11-12,17H,1-2,5-10H2;3-4,7-8H,1-2,5-6H2;1-4H;1-4H,(H,10,11,12);1-3H,9H2,(H2,10,11);1-3H,9H2,(H,10,11);1H4;;2*1H. The van der Waals surface area contributed by atoms with Gasteiger partial charge in [0.1, 0.15) is 53.5 Å². The Morgan fingerprint density at radius 3 is 1.21 bits per heavy atom. The van der Waals surface area contributed by atoms with Gasteiger partial charge in [0, 0.05) is 169 Å². The van der Waals surface area contributed by atoms with E-state index in [4.69, 9.17) is 96.7 Å². The molecule has 0 unspecified atom stereocenters. The minimum Gasteiger partial charge on any atom is -0.478 e. The topological polar surface area (TPSA) is 339 Å². The minimum absolute atomic E-state index is 0. The van der Waals surface area contributed by atoms with E-state index in [0.717, 1.165) is 145 Å². The average molecular weight is 1720 g/mol. The fraction of sp³-hybridized carbons (Fsp3) is 0.312. The first-order valence-electron chi connectivity index (χ1n) is 36.1. The summed E-state index contributed by atoms with van der Waals surface area (Å²) in [6.07, 6.45) is 15.0. The van der Waals surface area contributed by atoms with Crippen LogP contribution in [0.15, 0.2) is 164 Å². The van der Waals surface area contributed by atoms with Crippen LogP contribution in [0.4, 0.5) is 45.0 Å². The lowest BCUT2D eigenvalue weighted by atomic mass is 10.1. The van der Waals surface area contributed by atoms with Crippen molar-refractivity contribution in [2.75, 3.05) is 128 Å². The summed E-state index contributed by atoms with van der Waals surface area (Å²) >= 11 is 34.4. The minimum atomic E-state index is -1.04. The number of anilines is 7. The van der Waals surface area contributed by atoms with E-state index < -0.39 is 17.5 Å². The molecule has 5 aliphatic heterocycles. The third-order valence-electron chi connectivity index (χ3n) is 18.4. The van der Waals surface area contributed by atoms with Crippen LogP contribution in [0.1, 0.15) is 87.4 Å². The monoisotopic (exact) mass is 1720 g/mol. The summed E-state index contributed by atoms with van der Waals surface area (Å²) in [6.45, 7) is 19.4. The highest BCUT2D eigenvalue weighted by Gasteiger charge is 2.27. The summed E-state index contributed by atoms with van der Waals surface area (Å²) in [4.78, 5) is 99.0. The Hall–Kier alpha value is -9.81. The Morgan fingerprint density at radius 1 is 0.435 bits per heavy atom. The van der Waals surface area contributed by atoms with Crippen molar-refractivity contribution in [2.45, 2.75) is 72.3 Å². The number of piperazine rings is 2. The number of fused-ring (bicyclic) bond motifs is 5. The molecule has 5 aromatic heterocycles. The van der Waals surface area contributed by atoms with E-state index in [9.17, 15) is 19.2 Å². The number of carbonyl (C=O) groups is 3. The quantitative estimate of drug-likeness (QED) is 0.0490. The lowest BCUT2D eigenvalue weighted by Gasteiger charge is -2.36. The molecule has 26 nitrogen and oxygen atoms in total. The van der Waals surface area contributed by atoms with Crippen molar-refractivity contribution < 1.29 is 24.2 Å². The van der Waals surface area contributed by atoms with Gasteiger partial charge in [-0.2, -0.15) is 0 Å². The van der Waals surface area contributed by atoms with Crippen LogP contribution >= 0.6 is 94.4 Å². The van der Waals surface area contributed by atoms with Crippen LogP contribution in [0.25, 0.3) is 54.5 Å². The number of aromatic nitrogens is 10. The molecule has 0 bridgehead atoms. The lowest BCUT2D eigenvalue weighted by Crippen LogP contribution is -2.50. The van der Waals surface area contributed by atoms with E-state index in [-0.39, 0.29) is 63.6 Å². The number of nitrogens with zero attached hydrogens (tertiary/aromatic N) is 15. The number of nitrogens with one attached hydrogen (secondary N) is 2. The van der Waals surface area contributed by atoms with Gasteiger partial charge in [0.2, 0.25) is 0 Å². The molecule has 5 aliphatic rings. The third-order valence-corrected chi connectivity index (χ3v) is 19.9. The lowest BCUT2D eigenvalue weighted by molar-refractivity contribution is 0.0240. The van der Waals surface area contributed by atoms with Crippen molar-refractivity contribution in [2.24, 2.45) is 5.73 Å². The van der Waals surface area contributed by atoms with Gasteiger partial charge in [0.05, 0.1) is 50.4 Å². The summed E-state index contributed by atoms with van der Waals surface area (Å²) in [7, 11) is 0. The summed E-state index contributed by atoms with van der Waals surface area (Å²) < 4.78 is 5.48. The number of primary amides is 1. The molecule has 0 saturated carbocycles. The second-order valence-corrected chi connectivity index (χ2v) is 29.8. The molecule has 9 N–H and O–H groups in total. The Bertz CT molecular complexity index is 5260. The van der Waals surface area contributed by atoms with Crippen LogP contribution in [0.3, 0.4) is 0 Å².